The number of aromatic nitrogens is 1. The molecule has 0 bridgehead atoms. The number of carbonyl (C=O) groups is 1. The summed E-state index contributed by atoms with van der Waals surface area (Å²) in [5.41, 5.74) is 0.579. The summed E-state index contributed by atoms with van der Waals surface area (Å²) in [4.78, 5) is 21.1. The number of likely N-dealkylation sites (tertiary alicyclic amines) is 1. The van der Waals surface area contributed by atoms with Gasteiger partial charge in [0.15, 0.2) is 5.96 Å². The highest BCUT2D eigenvalue weighted by molar-refractivity contribution is 14.0. The minimum Gasteiger partial charge on any atom is -0.352 e. The second kappa shape index (κ2) is 10.5. The molecule has 1 aromatic heterocycles. The Morgan fingerprint density at radius 1 is 1.46 bits per heavy atom. The number of aliphatic imine (C=N–C) groups is 1. The van der Waals surface area contributed by atoms with E-state index in [2.05, 4.69) is 25.9 Å². The molecule has 3 N–H and O–H groups in total. The van der Waals surface area contributed by atoms with Crippen LogP contribution in [0, 0.1) is 0 Å². The molecular formula is C15H22F3IN6O. The molecule has 1 atom stereocenters. The Kier molecular flexibility index (Phi) is 9.05. The summed E-state index contributed by atoms with van der Waals surface area (Å²) in [7, 11) is 1.54. The Morgan fingerprint density at radius 3 is 2.85 bits per heavy atom. The number of carbonyl (C=O) groups excluding carboxylic acids is 1. The quantitative estimate of drug-likeness (QED) is 0.334. The van der Waals surface area contributed by atoms with Crippen LogP contribution < -0.4 is 16.0 Å². The van der Waals surface area contributed by atoms with Gasteiger partial charge in [0.1, 0.15) is 0 Å². The molecule has 0 saturated carbocycles. The average Bonchev–Trinajstić information content (AvgIpc) is 2.97. The molecule has 0 aliphatic carbocycles. The van der Waals surface area contributed by atoms with Crippen LogP contribution in [-0.2, 0) is 4.79 Å². The van der Waals surface area contributed by atoms with Gasteiger partial charge in [0.05, 0.1) is 25.0 Å². The molecule has 1 amide bonds. The molecule has 11 heteroatoms. The number of halogens is 4. The van der Waals surface area contributed by atoms with Gasteiger partial charge in [-0.2, -0.15) is 13.2 Å². The lowest BCUT2D eigenvalue weighted by atomic mass is 10.3. The maximum Gasteiger partial charge on any atom is 0.401 e. The topological polar surface area (TPSA) is 81.6 Å². The molecule has 1 unspecified atom stereocenters. The molecule has 0 radical (unpaired) electrons. The number of nitrogens with zero attached hydrogens (tertiary/aromatic N) is 3. The van der Waals surface area contributed by atoms with E-state index in [4.69, 9.17) is 0 Å². The lowest BCUT2D eigenvalue weighted by Crippen LogP contribution is -2.47. The fraction of sp³-hybridized carbons (Fsp3) is 0.533. The molecule has 1 saturated heterocycles. The number of alkyl halides is 3. The second-order valence-electron chi connectivity index (χ2n) is 5.70. The van der Waals surface area contributed by atoms with Crippen LogP contribution in [0.3, 0.4) is 0 Å². The average molecular weight is 486 g/mol. The van der Waals surface area contributed by atoms with Gasteiger partial charge >= 0.3 is 6.18 Å². The second-order valence-corrected chi connectivity index (χ2v) is 5.70. The van der Waals surface area contributed by atoms with E-state index in [1.54, 1.807) is 18.3 Å². The molecule has 0 spiro atoms. The number of hydrogen-bond donors (Lipinski definition) is 3. The number of nitrogens with one attached hydrogen (secondary N) is 3. The van der Waals surface area contributed by atoms with Crippen molar-refractivity contribution < 1.29 is 18.0 Å². The fourth-order valence-electron chi connectivity index (χ4n) is 2.54. The first-order valence-electron chi connectivity index (χ1n) is 7.82. The first-order chi connectivity index (χ1) is 11.9. The van der Waals surface area contributed by atoms with Crippen molar-refractivity contribution >= 4 is 41.5 Å². The van der Waals surface area contributed by atoms with Crippen molar-refractivity contribution in [2.45, 2.75) is 18.6 Å². The van der Waals surface area contributed by atoms with E-state index >= 15 is 0 Å². The van der Waals surface area contributed by atoms with Crippen LogP contribution in [0.4, 0.5) is 18.9 Å². The molecule has 2 rings (SSSR count). The van der Waals surface area contributed by atoms with Gasteiger partial charge in [0, 0.05) is 32.4 Å². The maximum absolute atomic E-state index is 12.4. The van der Waals surface area contributed by atoms with E-state index in [0.717, 1.165) is 0 Å². The predicted molar refractivity (Wildman–Crippen MR) is 104 cm³/mol. The van der Waals surface area contributed by atoms with Crippen molar-refractivity contribution in [2.24, 2.45) is 4.99 Å². The van der Waals surface area contributed by atoms with Crippen molar-refractivity contribution in [2.75, 3.05) is 38.5 Å². The minimum atomic E-state index is -4.20. The summed E-state index contributed by atoms with van der Waals surface area (Å²) in [6, 6.07) is 3.28. The van der Waals surface area contributed by atoms with Crippen LogP contribution in [0.5, 0.6) is 0 Å². The highest BCUT2D eigenvalue weighted by Gasteiger charge is 2.34. The monoisotopic (exact) mass is 486 g/mol. The van der Waals surface area contributed by atoms with Crippen LogP contribution in [0.25, 0.3) is 0 Å². The van der Waals surface area contributed by atoms with Crippen LogP contribution in [0.1, 0.15) is 6.42 Å². The Morgan fingerprint density at radius 2 is 2.23 bits per heavy atom. The standard InChI is InChI=1S/C15H21F3N6O.HI/c1-19-14(21-8-13(25)22-11-3-2-5-20-7-11)23-12-4-6-24(9-12)10-15(16,17)18;/h2-3,5,7,12H,4,6,8-10H2,1H3,(H,22,25)(H2,19,21,23);1H. The Hall–Kier alpha value is -1.63. The smallest absolute Gasteiger partial charge is 0.352 e. The summed E-state index contributed by atoms with van der Waals surface area (Å²) in [6.45, 7) is -0.282. The SMILES string of the molecule is CN=C(NCC(=O)Nc1cccnc1)NC1CCN(CC(F)(F)F)C1.I. The zero-order chi connectivity index (χ0) is 18.3. The normalized spacial score (nSPS) is 18.2. The van der Waals surface area contributed by atoms with E-state index in [9.17, 15) is 18.0 Å². The number of pyridine rings is 1. The lowest BCUT2D eigenvalue weighted by Gasteiger charge is -2.19. The first-order valence-corrected chi connectivity index (χ1v) is 7.82. The number of amides is 1. The molecule has 146 valence electrons. The van der Waals surface area contributed by atoms with Crippen LogP contribution in [-0.4, -0.2) is 67.2 Å². The largest absolute Gasteiger partial charge is 0.401 e. The Labute approximate surface area is 166 Å². The third-order valence-electron chi connectivity index (χ3n) is 3.60. The Balaban J connectivity index is 0.00000338. The van der Waals surface area contributed by atoms with Crippen molar-refractivity contribution in [3.05, 3.63) is 24.5 Å². The molecule has 26 heavy (non-hydrogen) atoms. The first kappa shape index (κ1) is 22.4. The van der Waals surface area contributed by atoms with Gasteiger partial charge in [0.25, 0.3) is 0 Å². The molecule has 7 nitrogen and oxygen atoms in total. The minimum absolute atomic E-state index is 0. The van der Waals surface area contributed by atoms with E-state index in [1.165, 1.54) is 18.1 Å². The van der Waals surface area contributed by atoms with E-state index < -0.39 is 12.7 Å². The maximum atomic E-state index is 12.4. The van der Waals surface area contributed by atoms with E-state index in [1.807, 2.05) is 0 Å². The zero-order valence-electron chi connectivity index (χ0n) is 14.2. The number of hydrogen-bond acceptors (Lipinski definition) is 4. The summed E-state index contributed by atoms with van der Waals surface area (Å²) in [5, 5.41) is 8.55. The number of rotatable bonds is 5. The predicted octanol–water partition coefficient (Wildman–Crippen LogP) is 1.44. The third kappa shape index (κ3) is 8.17. The van der Waals surface area contributed by atoms with Crippen LogP contribution >= 0.6 is 24.0 Å². The third-order valence-corrected chi connectivity index (χ3v) is 3.60. The highest BCUT2D eigenvalue weighted by atomic mass is 127. The molecule has 2 heterocycles. The van der Waals surface area contributed by atoms with Crippen molar-refractivity contribution in [3.63, 3.8) is 0 Å². The van der Waals surface area contributed by atoms with Crippen molar-refractivity contribution in [1.82, 2.24) is 20.5 Å². The summed E-state index contributed by atoms with van der Waals surface area (Å²) in [5.74, 6) is 0.0984. The fourth-order valence-corrected chi connectivity index (χ4v) is 2.54. The molecule has 1 fully saturated rings. The van der Waals surface area contributed by atoms with Crippen molar-refractivity contribution in [1.29, 1.82) is 0 Å². The van der Waals surface area contributed by atoms with Crippen molar-refractivity contribution in [3.8, 4) is 0 Å². The van der Waals surface area contributed by atoms with Gasteiger partial charge in [-0.05, 0) is 18.6 Å². The highest BCUT2D eigenvalue weighted by Crippen LogP contribution is 2.19. The van der Waals surface area contributed by atoms with Gasteiger partial charge in [-0.25, -0.2) is 0 Å². The lowest BCUT2D eigenvalue weighted by molar-refractivity contribution is -0.143. The van der Waals surface area contributed by atoms with Crippen LogP contribution in [0.15, 0.2) is 29.5 Å². The number of anilines is 1. The van der Waals surface area contributed by atoms with Gasteiger partial charge in [-0.3, -0.25) is 19.7 Å². The summed E-state index contributed by atoms with van der Waals surface area (Å²) in [6.07, 6.45) is -0.486. The molecule has 1 aliphatic heterocycles. The number of guanidine groups is 1. The van der Waals surface area contributed by atoms with Gasteiger partial charge < -0.3 is 16.0 Å². The van der Waals surface area contributed by atoms with Gasteiger partial charge in [0.2, 0.25) is 5.91 Å². The van der Waals surface area contributed by atoms with Gasteiger partial charge in [-0.1, -0.05) is 0 Å². The summed E-state index contributed by atoms with van der Waals surface area (Å²) >= 11 is 0. The zero-order valence-corrected chi connectivity index (χ0v) is 16.5. The molecule has 0 aromatic carbocycles. The van der Waals surface area contributed by atoms with E-state index in [-0.39, 0.29) is 49.0 Å². The molecular weight excluding hydrogens is 464 g/mol. The van der Waals surface area contributed by atoms with E-state index in [0.29, 0.717) is 24.6 Å². The molecule has 1 aromatic rings. The van der Waals surface area contributed by atoms with Crippen LogP contribution in [0.2, 0.25) is 0 Å². The summed E-state index contributed by atoms with van der Waals surface area (Å²) < 4.78 is 37.2. The molecule has 1 aliphatic rings. The Bertz CT molecular complexity index is 599. The van der Waals surface area contributed by atoms with Gasteiger partial charge in [-0.15, -0.1) is 24.0 Å².